The number of benzene rings is 1. The molecule has 0 unspecified atom stereocenters. The van der Waals surface area contributed by atoms with Gasteiger partial charge in [-0.2, -0.15) is 0 Å². The standard InChI is InChI=1S/C15H21N3O.ClH/c1-10(2)18(3)15(19)13(16)8-11-9-17-14-7-5-4-6-12(11)14;/h4-7,9-10,13,17H,8,16H2,1-3H3;1H/t13-;/m0./s1. The molecule has 0 saturated heterocycles. The van der Waals surface area contributed by atoms with E-state index in [0.717, 1.165) is 16.5 Å². The zero-order valence-electron chi connectivity index (χ0n) is 12.1. The third-order valence-electron chi connectivity index (χ3n) is 3.55. The van der Waals surface area contributed by atoms with Gasteiger partial charge >= 0.3 is 0 Å². The second kappa shape index (κ2) is 6.77. The van der Waals surface area contributed by atoms with Gasteiger partial charge in [0.2, 0.25) is 5.91 Å². The van der Waals surface area contributed by atoms with Gasteiger partial charge in [-0.3, -0.25) is 4.79 Å². The van der Waals surface area contributed by atoms with Gasteiger partial charge < -0.3 is 15.6 Å². The highest BCUT2D eigenvalue weighted by Gasteiger charge is 2.21. The molecule has 2 rings (SSSR count). The summed E-state index contributed by atoms with van der Waals surface area (Å²) in [6.45, 7) is 3.96. The average Bonchev–Trinajstić information content (AvgIpc) is 2.80. The first kappa shape index (κ1) is 16.5. The van der Waals surface area contributed by atoms with Crippen molar-refractivity contribution in [3.8, 4) is 0 Å². The Kier molecular flexibility index (Phi) is 5.60. The summed E-state index contributed by atoms with van der Waals surface area (Å²) in [5.74, 6) is -0.0136. The minimum atomic E-state index is -0.494. The van der Waals surface area contributed by atoms with Gasteiger partial charge in [0, 0.05) is 30.2 Å². The van der Waals surface area contributed by atoms with Crippen LogP contribution in [0.5, 0.6) is 0 Å². The number of hydrogen-bond acceptors (Lipinski definition) is 2. The highest BCUT2D eigenvalue weighted by Crippen LogP contribution is 2.19. The van der Waals surface area contributed by atoms with E-state index in [4.69, 9.17) is 5.73 Å². The Balaban J connectivity index is 0.00000200. The summed E-state index contributed by atoms with van der Waals surface area (Å²) in [5.41, 5.74) is 8.20. The second-order valence-electron chi connectivity index (χ2n) is 5.21. The highest BCUT2D eigenvalue weighted by atomic mass is 35.5. The fourth-order valence-electron chi connectivity index (χ4n) is 2.14. The number of fused-ring (bicyclic) bond motifs is 1. The summed E-state index contributed by atoms with van der Waals surface area (Å²) < 4.78 is 0. The first-order chi connectivity index (χ1) is 9.00. The van der Waals surface area contributed by atoms with Crippen LogP contribution in [0.2, 0.25) is 0 Å². The summed E-state index contributed by atoms with van der Waals surface area (Å²) in [6.07, 6.45) is 2.49. The summed E-state index contributed by atoms with van der Waals surface area (Å²) in [6, 6.07) is 7.72. The molecule has 20 heavy (non-hydrogen) atoms. The van der Waals surface area contributed by atoms with Crippen LogP contribution in [0.4, 0.5) is 0 Å². The van der Waals surface area contributed by atoms with Crippen LogP contribution in [-0.2, 0) is 11.2 Å². The largest absolute Gasteiger partial charge is 0.361 e. The molecule has 1 atom stereocenters. The first-order valence-corrected chi connectivity index (χ1v) is 6.58. The zero-order valence-corrected chi connectivity index (χ0v) is 12.9. The van der Waals surface area contributed by atoms with Gasteiger partial charge in [-0.05, 0) is 31.9 Å². The highest BCUT2D eigenvalue weighted by molar-refractivity contribution is 5.86. The molecule has 0 saturated carbocycles. The lowest BCUT2D eigenvalue weighted by Crippen LogP contribution is -2.45. The minimum Gasteiger partial charge on any atom is -0.361 e. The number of carbonyl (C=O) groups is 1. The van der Waals surface area contributed by atoms with Gasteiger partial charge in [-0.25, -0.2) is 0 Å². The lowest BCUT2D eigenvalue weighted by molar-refractivity contribution is -0.132. The molecule has 4 nitrogen and oxygen atoms in total. The Hall–Kier alpha value is -1.52. The third kappa shape index (κ3) is 3.32. The summed E-state index contributed by atoms with van der Waals surface area (Å²) in [4.78, 5) is 17.0. The molecule has 1 amide bonds. The Morgan fingerprint density at radius 1 is 1.35 bits per heavy atom. The van der Waals surface area contributed by atoms with Crippen LogP contribution in [0.15, 0.2) is 30.5 Å². The van der Waals surface area contributed by atoms with E-state index in [-0.39, 0.29) is 24.4 Å². The number of nitrogens with one attached hydrogen (secondary N) is 1. The van der Waals surface area contributed by atoms with E-state index in [1.54, 1.807) is 11.9 Å². The predicted molar refractivity (Wildman–Crippen MR) is 85.1 cm³/mol. The number of hydrogen-bond donors (Lipinski definition) is 2. The maximum Gasteiger partial charge on any atom is 0.239 e. The van der Waals surface area contributed by atoms with Gasteiger partial charge in [-0.1, -0.05) is 18.2 Å². The van der Waals surface area contributed by atoms with Crippen LogP contribution in [0, 0.1) is 0 Å². The zero-order chi connectivity index (χ0) is 14.0. The number of nitrogens with zero attached hydrogens (tertiary/aromatic N) is 1. The van der Waals surface area contributed by atoms with Crippen molar-refractivity contribution in [2.75, 3.05) is 7.05 Å². The van der Waals surface area contributed by atoms with Crippen molar-refractivity contribution < 1.29 is 4.79 Å². The predicted octanol–water partition coefficient (Wildman–Crippen LogP) is 2.33. The van der Waals surface area contributed by atoms with E-state index < -0.39 is 6.04 Å². The molecule has 1 aromatic heterocycles. The molecule has 0 spiro atoms. The fraction of sp³-hybridized carbons (Fsp3) is 0.400. The van der Waals surface area contributed by atoms with Crippen molar-refractivity contribution in [2.24, 2.45) is 5.73 Å². The van der Waals surface area contributed by atoms with Gasteiger partial charge in [0.15, 0.2) is 0 Å². The van der Waals surface area contributed by atoms with Crippen LogP contribution in [0.3, 0.4) is 0 Å². The number of aromatic amines is 1. The van der Waals surface area contributed by atoms with Crippen molar-refractivity contribution in [3.63, 3.8) is 0 Å². The molecule has 0 aliphatic heterocycles. The Morgan fingerprint density at radius 2 is 2.00 bits per heavy atom. The second-order valence-corrected chi connectivity index (χ2v) is 5.21. The molecule has 0 radical (unpaired) electrons. The maximum absolute atomic E-state index is 12.1. The number of para-hydroxylation sites is 1. The van der Waals surface area contributed by atoms with Crippen LogP contribution >= 0.6 is 12.4 Å². The molecule has 1 heterocycles. The van der Waals surface area contributed by atoms with E-state index in [1.165, 1.54) is 0 Å². The van der Waals surface area contributed by atoms with E-state index >= 15 is 0 Å². The maximum atomic E-state index is 12.1. The van der Waals surface area contributed by atoms with Crippen molar-refractivity contribution in [1.29, 1.82) is 0 Å². The molecule has 0 fully saturated rings. The molecule has 5 heteroatoms. The molecule has 0 aliphatic carbocycles. The van der Waals surface area contributed by atoms with Crippen molar-refractivity contribution in [1.82, 2.24) is 9.88 Å². The molecule has 0 aliphatic rings. The van der Waals surface area contributed by atoms with E-state index in [1.807, 2.05) is 44.3 Å². The van der Waals surface area contributed by atoms with Crippen LogP contribution in [0.25, 0.3) is 10.9 Å². The fourth-order valence-corrected chi connectivity index (χ4v) is 2.14. The molecule has 2 aromatic rings. The lowest BCUT2D eigenvalue weighted by atomic mass is 10.0. The third-order valence-corrected chi connectivity index (χ3v) is 3.55. The number of H-pyrrole nitrogens is 1. The molecular weight excluding hydrogens is 274 g/mol. The van der Waals surface area contributed by atoms with Crippen LogP contribution < -0.4 is 5.73 Å². The van der Waals surface area contributed by atoms with Crippen molar-refractivity contribution >= 4 is 29.2 Å². The number of likely N-dealkylation sites (N-methyl/N-ethyl adjacent to an activating group) is 1. The lowest BCUT2D eigenvalue weighted by Gasteiger charge is -2.24. The van der Waals surface area contributed by atoms with Gasteiger partial charge in [0.1, 0.15) is 0 Å². The van der Waals surface area contributed by atoms with Gasteiger partial charge in [0.25, 0.3) is 0 Å². The summed E-state index contributed by atoms with van der Waals surface area (Å²) >= 11 is 0. The van der Waals surface area contributed by atoms with Gasteiger partial charge in [-0.15, -0.1) is 12.4 Å². The quantitative estimate of drug-likeness (QED) is 0.909. The number of rotatable bonds is 4. The van der Waals surface area contributed by atoms with E-state index in [0.29, 0.717) is 6.42 Å². The number of amides is 1. The van der Waals surface area contributed by atoms with Crippen LogP contribution in [0.1, 0.15) is 19.4 Å². The Bertz CT molecular complexity index is 579. The molecular formula is C15H22ClN3O. The van der Waals surface area contributed by atoms with Crippen molar-refractivity contribution in [3.05, 3.63) is 36.0 Å². The Morgan fingerprint density at radius 3 is 2.65 bits per heavy atom. The SMILES string of the molecule is CC(C)N(C)C(=O)[C@@H](N)Cc1c[nH]c2ccccc12.Cl. The first-order valence-electron chi connectivity index (χ1n) is 6.58. The molecule has 0 bridgehead atoms. The topological polar surface area (TPSA) is 62.1 Å². The number of halogens is 1. The minimum absolute atomic E-state index is 0. The van der Waals surface area contributed by atoms with Crippen LogP contribution in [-0.4, -0.2) is 34.9 Å². The molecule has 1 aromatic carbocycles. The smallest absolute Gasteiger partial charge is 0.239 e. The number of carbonyl (C=O) groups excluding carboxylic acids is 1. The summed E-state index contributed by atoms with van der Waals surface area (Å²) in [7, 11) is 1.79. The Labute approximate surface area is 125 Å². The molecule has 3 N–H and O–H groups in total. The normalized spacial score (nSPS) is 12.2. The number of aromatic nitrogens is 1. The average molecular weight is 296 g/mol. The van der Waals surface area contributed by atoms with E-state index in [2.05, 4.69) is 4.98 Å². The van der Waals surface area contributed by atoms with Gasteiger partial charge in [0.05, 0.1) is 6.04 Å². The number of nitrogens with two attached hydrogens (primary N) is 1. The van der Waals surface area contributed by atoms with E-state index in [9.17, 15) is 4.79 Å². The summed E-state index contributed by atoms with van der Waals surface area (Å²) in [5, 5.41) is 1.14. The molecule has 110 valence electrons. The van der Waals surface area contributed by atoms with Crippen molar-refractivity contribution in [2.45, 2.75) is 32.4 Å². The monoisotopic (exact) mass is 295 g/mol.